The van der Waals surface area contributed by atoms with Gasteiger partial charge in [-0.3, -0.25) is 14.4 Å². The largest absolute Gasteiger partial charge is 0.443 e. The first kappa shape index (κ1) is 25.9. The maximum Gasteiger partial charge on any atom is 0.416 e. The van der Waals surface area contributed by atoms with Gasteiger partial charge < -0.3 is 14.5 Å². The standard InChI is InChI=1S/C24H33BrN8O3/c1-15-12-18(29(7)27-15)14-32(23(35)36-24(4,5)6)20-13-19(26-22-21(25)16(2)28-33(20)22)31-10-8-30(9-11-31)17(3)34/h12-13H,8-11,14H2,1-7H3. The summed E-state index contributed by atoms with van der Waals surface area (Å²) in [5.74, 6) is 1.30. The van der Waals surface area contributed by atoms with E-state index >= 15 is 0 Å². The number of aryl methyl sites for hydroxylation is 3. The number of hydrogen-bond donors (Lipinski definition) is 0. The van der Waals surface area contributed by atoms with E-state index in [4.69, 9.17) is 9.72 Å². The minimum Gasteiger partial charge on any atom is -0.443 e. The van der Waals surface area contributed by atoms with Crippen LogP contribution >= 0.6 is 15.9 Å². The van der Waals surface area contributed by atoms with E-state index in [0.717, 1.165) is 21.6 Å². The van der Waals surface area contributed by atoms with Gasteiger partial charge in [-0.2, -0.15) is 14.7 Å². The highest BCUT2D eigenvalue weighted by molar-refractivity contribution is 9.10. The summed E-state index contributed by atoms with van der Waals surface area (Å²) in [5.41, 5.74) is 2.38. The molecule has 36 heavy (non-hydrogen) atoms. The molecule has 0 saturated carbocycles. The van der Waals surface area contributed by atoms with Gasteiger partial charge in [0.25, 0.3) is 0 Å². The summed E-state index contributed by atoms with van der Waals surface area (Å²) in [6.45, 7) is 13.6. The molecule has 0 aliphatic carbocycles. The second-order valence-corrected chi connectivity index (χ2v) is 10.9. The molecule has 4 rings (SSSR count). The molecule has 2 amide bonds. The number of rotatable bonds is 4. The van der Waals surface area contributed by atoms with Gasteiger partial charge in [0.15, 0.2) is 5.65 Å². The van der Waals surface area contributed by atoms with E-state index in [0.29, 0.717) is 43.5 Å². The predicted molar refractivity (Wildman–Crippen MR) is 140 cm³/mol. The fraction of sp³-hybridized carbons (Fsp3) is 0.542. The van der Waals surface area contributed by atoms with E-state index in [1.807, 2.05) is 58.7 Å². The molecule has 4 heterocycles. The molecule has 1 aliphatic rings. The Morgan fingerprint density at radius 3 is 2.33 bits per heavy atom. The van der Waals surface area contributed by atoms with E-state index in [2.05, 4.69) is 31.0 Å². The average molecular weight is 561 g/mol. The Bertz CT molecular complexity index is 1300. The molecule has 1 saturated heterocycles. The van der Waals surface area contributed by atoms with Crippen molar-refractivity contribution in [1.82, 2.24) is 29.3 Å². The van der Waals surface area contributed by atoms with Gasteiger partial charge in [0.1, 0.15) is 17.2 Å². The van der Waals surface area contributed by atoms with Gasteiger partial charge in [0, 0.05) is 46.2 Å². The first-order chi connectivity index (χ1) is 16.8. The average Bonchev–Trinajstić information content (AvgIpc) is 3.27. The Labute approximate surface area is 219 Å². The SMILES string of the molecule is CC(=O)N1CCN(c2cc(N(Cc3cc(C)nn3C)C(=O)OC(C)(C)C)n3nc(C)c(Br)c3n2)CC1. The molecule has 3 aromatic rings. The Balaban J connectivity index is 1.82. The Kier molecular flexibility index (Phi) is 7.00. The number of carbonyl (C=O) groups excluding carboxylic acids is 2. The summed E-state index contributed by atoms with van der Waals surface area (Å²) >= 11 is 3.62. The lowest BCUT2D eigenvalue weighted by atomic mass is 10.2. The molecule has 0 aromatic carbocycles. The predicted octanol–water partition coefficient (Wildman–Crippen LogP) is 3.45. The summed E-state index contributed by atoms with van der Waals surface area (Å²) in [6.07, 6.45) is -0.495. The van der Waals surface area contributed by atoms with Gasteiger partial charge in [-0.25, -0.2) is 9.78 Å². The van der Waals surface area contributed by atoms with Crippen molar-refractivity contribution in [3.8, 4) is 0 Å². The van der Waals surface area contributed by atoms with Gasteiger partial charge in [-0.15, -0.1) is 0 Å². The summed E-state index contributed by atoms with van der Waals surface area (Å²) in [4.78, 5) is 35.8. The Hall–Kier alpha value is -3.15. The molecular weight excluding hydrogens is 528 g/mol. The second-order valence-electron chi connectivity index (χ2n) is 10.1. The minimum atomic E-state index is -0.684. The van der Waals surface area contributed by atoms with E-state index in [1.54, 1.807) is 21.0 Å². The lowest BCUT2D eigenvalue weighted by molar-refractivity contribution is -0.129. The first-order valence-electron chi connectivity index (χ1n) is 11.9. The van der Waals surface area contributed by atoms with E-state index < -0.39 is 11.7 Å². The van der Waals surface area contributed by atoms with E-state index in [-0.39, 0.29) is 12.5 Å². The maximum atomic E-state index is 13.6. The summed E-state index contributed by atoms with van der Waals surface area (Å²) < 4.78 is 10.00. The molecule has 0 spiro atoms. The third kappa shape index (κ3) is 5.32. The van der Waals surface area contributed by atoms with Crippen molar-refractivity contribution >= 4 is 45.2 Å². The third-order valence-corrected chi connectivity index (χ3v) is 6.95. The zero-order valence-electron chi connectivity index (χ0n) is 21.9. The van der Waals surface area contributed by atoms with Gasteiger partial charge >= 0.3 is 6.09 Å². The van der Waals surface area contributed by atoms with Crippen LogP contribution in [0.5, 0.6) is 0 Å². The number of fused-ring (bicyclic) bond motifs is 1. The summed E-state index contributed by atoms with van der Waals surface area (Å²) in [5, 5.41) is 9.11. The number of hydrogen-bond acceptors (Lipinski definition) is 7. The second kappa shape index (κ2) is 9.72. The van der Waals surface area contributed by atoms with Crippen LogP contribution in [0, 0.1) is 13.8 Å². The Morgan fingerprint density at radius 2 is 1.78 bits per heavy atom. The maximum absolute atomic E-state index is 13.6. The van der Waals surface area contributed by atoms with Crippen LogP contribution in [0.1, 0.15) is 44.8 Å². The van der Waals surface area contributed by atoms with Crippen molar-refractivity contribution in [3.05, 3.63) is 33.7 Å². The van der Waals surface area contributed by atoms with Crippen molar-refractivity contribution in [2.24, 2.45) is 7.05 Å². The number of carbonyl (C=O) groups is 2. The number of nitrogens with zero attached hydrogens (tertiary/aromatic N) is 8. The van der Waals surface area contributed by atoms with Crippen molar-refractivity contribution in [2.45, 2.75) is 53.7 Å². The van der Waals surface area contributed by atoms with E-state index in [1.165, 1.54) is 0 Å². The number of aromatic nitrogens is 5. The highest BCUT2D eigenvalue weighted by Crippen LogP contribution is 2.31. The lowest BCUT2D eigenvalue weighted by Gasteiger charge is -2.35. The quantitative estimate of drug-likeness (QED) is 0.481. The minimum absolute atomic E-state index is 0.0653. The highest BCUT2D eigenvalue weighted by atomic mass is 79.9. The topological polar surface area (TPSA) is 101 Å². The molecule has 194 valence electrons. The van der Waals surface area contributed by atoms with Crippen LogP contribution < -0.4 is 9.80 Å². The van der Waals surface area contributed by atoms with Crippen molar-refractivity contribution in [3.63, 3.8) is 0 Å². The molecular formula is C24H33BrN8O3. The smallest absolute Gasteiger partial charge is 0.416 e. The molecule has 1 aliphatic heterocycles. The number of amides is 2. The lowest BCUT2D eigenvalue weighted by Crippen LogP contribution is -2.48. The van der Waals surface area contributed by atoms with Crippen LogP contribution in [0.15, 0.2) is 16.6 Å². The molecule has 3 aromatic heterocycles. The zero-order valence-corrected chi connectivity index (χ0v) is 23.5. The fourth-order valence-electron chi connectivity index (χ4n) is 4.20. The van der Waals surface area contributed by atoms with Crippen molar-refractivity contribution in [2.75, 3.05) is 36.0 Å². The highest BCUT2D eigenvalue weighted by Gasteiger charge is 2.30. The third-order valence-electron chi connectivity index (χ3n) is 6.02. The molecule has 0 bridgehead atoms. The van der Waals surface area contributed by atoms with Crippen molar-refractivity contribution in [1.29, 1.82) is 0 Å². The molecule has 1 fully saturated rings. The van der Waals surface area contributed by atoms with Gasteiger partial charge in [-0.05, 0) is 56.6 Å². The van der Waals surface area contributed by atoms with Gasteiger partial charge in [0.05, 0.1) is 28.1 Å². The normalized spacial score (nSPS) is 14.4. The van der Waals surface area contributed by atoms with Crippen LogP contribution in [0.3, 0.4) is 0 Å². The van der Waals surface area contributed by atoms with Gasteiger partial charge in [0.2, 0.25) is 5.91 Å². The monoisotopic (exact) mass is 560 g/mol. The van der Waals surface area contributed by atoms with Crippen LogP contribution in [-0.2, 0) is 23.1 Å². The number of halogens is 1. The fourth-order valence-corrected chi connectivity index (χ4v) is 4.54. The van der Waals surface area contributed by atoms with Crippen LogP contribution in [-0.4, -0.2) is 73.1 Å². The number of piperazine rings is 1. The summed E-state index contributed by atoms with van der Waals surface area (Å²) in [7, 11) is 1.85. The molecule has 0 radical (unpaired) electrons. The molecule has 0 N–H and O–H groups in total. The summed E-state index contributed by atoms with van der Waals surface area (Å²) in [6, 6.07) is 3.81. The first-order valence-corrected chi connectivity index (χ1v) is 12.7. The molecule has 0 unspecified atom stereocenters. The molecule has 12 heteroatoms. The molecule has 11 nitrogen and oxygen atoms in total. The zero-order chi connectivity index (χ0) is 26.4. The number of anilines is 2. The van der Waals surface area contributed by atoms with Crippen molar-refractivity contribution < 1.29 is 14.3 Å². The van der Waals surface area contributed by atoms with Gasteiger partial charge in [-0.1, -0.05) is 0 Å². The molecule has 0 atom stereocenters. The van der Waals surface area contributed by atoms with Crippen LogP contribution in [0.2, 0.25) is 0 Å². The van der Waals surface area contributed by atoms with E-state index in [9.17, 15) is 9.59 Å². The Morgan fingerprint density at radius 1 is 1.11 bits per heavy atom. The number of ether oxygens (including phenoxy) is 1. The van der Waals surface area contributed by atoms with Crippen LogP contribution in [0.25, 0.3) is 5.65 Å². The van der Waals surface area contributed by atoms with Crippen LogP contribution in [0.4, 0.5) is 16.4 Å².